The highest BCUT2D eigenvalue weighted by Gasteiger charge is 2.22. The summed E-state index contributed by atoms with van der Waals surface area (Å²) in [6, 6.07) is 3.40. The van der Waals surface area contributed by atoms with E-state index in [9.17, 15) is 19.2 Å². The van der Waals surface area contributed by atoms with Crippen molar-refractivity contribution in [1.82, 2.24) is 9.13 Å². The Kier molecular flexibility index (Phi) is 5.53. The Hall–Kier alpha value is -3.10. The van der Waals surface area contributed by atoms with Gasteiger partial charge in [-0.15, -0.1) is 0 Å². The third-order valence-corrected chi connectivity index (χ3v) is 5.01. The van der Waals surface area contributed by atoms with Gasteiger partial charge in [-0.05, 0) is 38.3 Å². The van der Waals surface area contributed by atoms with Crippen molar-refractivity contribution in [2.75, 3.05) is 29.9 Å². The van der Waals surface area contributed by atoms with Gasteiger partial charge >= 0.3 is 23.0 Å². The summed E-state index contributed by atoms with van der Waals surface area (Å²) in [6.07, 6.45) is 3.15. The Labute approximate surface area is 161 Å². The first-order valence-electron chi connectivity index (χ1n) is 9.32. The maximum absolute atomic E-state index is 12.2. The van der Waals surface area contributed by atoms with Crippen LogP contribution in [-0.4, -0.2) is 40.7 Å². The second-order valence-corrected chi connectivity index (χ2v) is 6.81. The number of carbonyl (C=O) groups excluding carboxylic acids is 2. The first-order valence-corrected chi connectivity index (χ1v) is 9.32. The van der Waals surface area contributed by atoms with Crippen molar-refractivity contribution in [3.8, 4) is 0 Å². The van der Waals surface area contributed by atoms with E-state index >= 15 is 0 Å². The molecule has 3 rings (SSSR count). The number of amides is 1. The molecule has 1 aliphatic heterocycles. The number of nitrogens with one attached hydrogen (secondary N) is 1. The van der Waals surface area contributed by atoms with Crippen LogP contribution in [-0.2, 0) is 28.4 Å². The molecule has 1 aromatic carbocycles. The number of fused-ring (bicyclic) bond motifs is 1. The average molecular weight is 388 g/mol. The molecule has 1 amide bonds. The molecule has 150 valence electrons. The van der Waals surface area contributed by atoms with Crippen LogP contribution in [0.25, 0.3) is 11.0 Å². The number of benzene rings is 1. The highest BCUT2D eigenvalue weighted by Crippen LogP contribution is 2.32. The quantitative estimate of drug-likeness (QED) is 0.614. The van der Waals surface area contributed by atoms with Gasteiger partial charge in [-0.2, -0.15) is 0 Å². The van der Waals surface area contributed by atoms with Gasteiger partial charge in [-0.1, -0.05) is 0 Å². The van der Waals surface area contributed by atoms with Crippen molar-refractivity contribution >= 4 is 34.3 Å². The molecule has 9 heteroatoms. The Morgan fingerprint density at radius 3 is 2.14 bits per heavy atom. The number of ether oxygens (including phenoxy) is 1. The number of nitrogens with zero attached hydrogens (tertiary/aromatic N) is 3. The molecule has 1 aromatic heterocycles. The maximum atomic E-state index is 12.2. The van der Waals surface area contributed by atoms with Crippen LogP contribution in [0, 0.1) is 0 Å². The lowest BCUT2D eigenvalue weighted by atomic mass is 10.1. The molecule has 1 N–H and O–H groups in total. The molecule has 0 aliphatic carbocycles. The van der Waals surface area contributed by atoms with E-state index in [1.807, 2.05) is 0 Å². The van der Waals surface area contributed by atoms with Crippen LogP contribution in [0.5, 0.6) is 0 Å². The molecule has 1 aliphatic rings. The van der Waals surface area contributed by atoms with Crippen LogP contribution in [0.15, 0.2) is 21.7 Å². The standard InChI is InChI=1S/C19H24N4O5/c1-4-28-19(27)16(24)20-12-10-14-15(22(3)18(26)17(25)21(14)2)11-13(12)23-8-6-5-7-9-23/h10-11H,4-9H2,1-3H3,(H,20,24). The lowest BCUT2D eigenvalue weighted by molar-refractivity contribution is -0.152. The molecule has 9 nitrogen and oxygen atoms in total. The van der Waals surface area contributed by atoms with Gasteiger partial charge in [0.15, 0.2) is 0 Å². The number of esters is 1. The molecule has 2 heterocycles. The minimum atomic E-state index is -0.971. The predicted octanol–water partition coefficient (Wildman–Crippen LogP) is 0.729. The summed E-state index contributed by atoms with van der Waals surface area (Å²) >= 11 is 0. The lowest BCUT2D eigenvalue weighted by Gasteiger charge is -2.31. The third-order valence-electron chi connectivity index (χ3n) is 5.01. The number of hydrogen-bond donors (Lipinski definition) is 1. The van der Waals surface area contributed by atoms with Crippen molar-refractivity contribution in [3.05, 3.63) is 32.8 Å². The summed E-state index contributed by atoms with van der Waals surface area (Å²) in [5, 5.41) is 2.61. The maximum Gasteiger partial charge on any atom is 0.397 e. The van der Waals surface area contributed by atoms with Crippen LogP contribution < -0.4 is 21.3 Å². The van der Waals surface area contributed by atoms with Gasteiger partial charge in [0, 0.05) is 27.2 Å². The summed E-state index contributed by atoms with van der Waals surface area (Å²) in [5.74, 6) is -1.85. The molecule has 1 fully saturated rings. The SMILES string of the molecule is CCOC(=O)C(=O)Nc1cc2c(cc1N1CCCCC1)n(C)c(=O)c(=O)n2C. The van der Waals surface area contributed by atoms with Crippen LogP contribution in [0.4, 0.5) is 11.4 Å². The first kappa shape index (κ1) is 19.7. The highest BCUT2D eigenvalue weighted by molar-refractivity contribution is 6.37. The Morgan fingerprint density at radius 2 is 1.57 bits per heavy atom. The zero-order chi connectivity index (χ0) is 20.4. The minimum Gasteiger partial charge on any atom is -0.459 e. The smallest absolute Gasteiger partial charge is 0.397 e. The number of piperidine rings is 1. The van der Waals surface area contributed by atoms with Crippen LogP contribution in [0.2, 0.25) is 0 Å². The largest absolute Gasteiger partial charge is 0.459 e. The Balaban J connectivity index is 2.18. The van der Waals surface area contributed by atoms with E-state index in [0.29, 0.717) is 22.4 Å². The molecule has 0 bridgehead atoms. The van der Waals surface area contributed by atoms with E-state index in [-0.39, 0.29) is 6.61 Å². The average Bonchev–Trinajstić information content (AvgIpc) is 2.71. The first-order chi connectivity index (χ1) is 13.3. The number of aryl methyl sites for hydroxylation is 2. The van der Waals surface area contributed by atoms with Crippen molar-refractivity contribution < 1.29 is 14.3 Å². The fraction of sp³-hybridized carbons (Fsp3) is 0.474. The molecule has 0 atom stereocenters. The van der Waals surface area contributed by atoms with Crippen molar-refractivity contribution in [1.29, 1.82) is 0 Å². The molecule has 0 radical (unpaired) electrons. The number of anilines is 2. The fourth-order valence-electron chi connectivity index (χ4n) is 3.48. The molecular weight excluding hydrogens is 364 g/mol. The van der Waals surface area contributed by atoms with Gasteiger partial charge in [0.2, 0.25) is 0 Å². The summed E-state index contributed by atoms with van der Waals surface area (Å²) in [6.45, 7) is 3.32. The number of carbonyl (C=O) groups is 2. The Bertz CT molecular complexity index is 1050. The highest BCUT2D eigenvalue weighted by atomic mass is 16.5. The Morgan fingerprint density at radius 1 is 1.00 bits per heavy atom. The van der Waals surface area contributed by atoms with E-state index in [4.69, 9.17) is 4.74 Å². The number of rotatable bonds is 3. The molecular formula is C19H24N4O5. The topological polar surface area (TPSA) is 103 Å². The van der Waals surface area contributed by atoms with Crippen LogP contribution in [0.3, 0.4) is 0 Å². The zero-order valence-corrected chi connectivity index (χ0v) is 16.3. The van der Waals surface area contributed by atoms with E-state index in [0.717, 1.165) is 32.4 Å². The lowest BCUT2D eigenvalue weighted by Crippen LogP contribution is -2.39. The molecule has 1 saturated heterocycles. The van der Waals surface area contributed by atoms with E-state index < -0.39 is 23.0 Å². The summed E-state index contributed by atoms with van der Waals surface area (Å²) in [7, 11) is 3.05. The zero-order valence-electron chi connectivity index (χ0n) is 16.3. The summed E-state index contributed by atoms with van der Waals surface area (Å²) < 4.78 is 7.32. The third kappa shape index (κ3) is 3.51. The molecule has 2 aromatic rings. The number of hydrogen-bond acceptors (Lipinski definition) is 6. The van der Waals surface area contributed by atoms with Gasteiger partial charge in [-0.3, -0.25) is 14.4 Å². The normalized spacial score (nSPS) is 14.2. The van der Waals surface area contributed by atoms with Gasteiger partial charge in [-0.25, -0.2) is 4.79 Å². The minimum absolute atomic E-state index is 0.0968. The van der Waals surface area contributed by atoms with Gasteiger partial charge < -0.3 is 24.1 Å². The van der Waals surface area contributed by atoms with Gasteiger partial charge in [0.25, 0.3) is 0 Å². The van der Waals surface area contributed by atoms with Crippen molar-refractivity contribution in [2.24, 2.45) is 14.1 Å². The second-order valence-electron chi connectivity index (χ2n) is 6.81. The van der Waals surface area contributed by atoms with E-state index in [1.54, 1.807) is 26.1 Å². The molecule has 0 saturated carbocycles. The van der Waals surface area contributed by atoms with E-state index in [1.165, 1.54) is 16.2 Å². The van der Waals surface area contributed by atoms with Crippen molar-refractivity contribution in [3.63, 3.8) is 0 Å². The molecule has 28 heavy (non-hydrogen) atoms. The van der Waals surface area contributed by atoms with E-state index in [2.05, 4.69) is 10.2 Å². The monoisotopic (exact) mass is 388 g/mol. The summed E-state index contributed by atoms with van der Waals surface area (Å²) in [4.78, 5) is 50.5. The van der Waals surface area contributed by atoms with Gasteiger partial charge in [0.1, 0.15) is 0 Å². The van der Waals surface area contributed by atoms with Crippen molar-refractivity contribution in [2.45, 2.75) is 26.2 Å². The predicted molar refractivity (Wildman–Crippen MR) is 106 cm³/mol. The van der Waals surface area contributed by atoms with Crippen LogP contribution in [0.1, 0.15) is 26.2 Å². The second kappa shape index (κ2) is 7.87. The summed E-state index contributed by atoms with van der Waals surface area (Å²) in [5.41, 5.74) is 0.875. The number of aromatic nitrogens is 2. The van der Waals surface area contributed by atoms with Gasteiger partial charge in [0.05, 0.1) is 29.0 Å². The fourth-order valence-corrected chi connectivity index (χ4v) is 3.48. The van der Waals surface area contributed by atoms with Crippen LogP contribution >= 0.6 is 0 Å². The molecule has 0 spiro atoms. The molecule has 0 unspecified atom stereocenters.